The number of halogens is 2. The molecule has 0 aliphatic heterocycles. The molecule has 0 saturated carbocycles. The van der Waals surface area contributed by atoms with Gasteiger partial charge in [0.25, 0.3) is 0 Å². The third-order valence-corrected chi connectivity index (χ3v) is 2.48. The maximum atomic E-state index is 13.6. The van der Waals surface area contributed by atoms with Gasteiger partial charge in [-0.1, -0.05) is 13.3 Å². The Morgan fingerprint density at radius 3 is 2.65 bits per heavy atom. The van der Waals surface area contributed by atoms with Crippen molar-refractivity contribution < 1.29 is 18.3 Å². The van der Waals surface area contributed by atoms with Crippen molar-refractivity contribution in [2.24, 2.45) is 0 Å². The lowest BCUT2D eigenvalue weighted by atomic mass is 9.94. The second kappa shape index (κ2) is 6.33. The van der Waals surface area contributed by atoms with Crippen LogP contribution in [0.4, 0.5) is 8.78 Å². The SMILES string of the molecule is CCCC(C(=O)OCC)c1cc(F)ccc1F. The summed E-state index contributed by atoms with van der Waals surface area (Å²) in [4.78, 5) is 11.7. The van der Waals surface area contributed by atoms with Crippen LogP contribution in [-0.4, -0.2) is 12.6 Å². The van der Waals surface area contributed by atoms with E-state index < -0.39 is 23.5 Å². The van der Waals surface area contributed by atoms with Crippen molar-refractivity contribution in [1.29, 1.82) is 0 Å². The molecule has 0 heterocycles. The Kier molecular flexibility index (Phi) is 5.07. The van der Waals surface area contributed by atoms with E-state index in [4.69, 9.17) is 4.74 Å². The third kappa shape index (κ3) is 3.51. The topological polar surface area (TPSA) is 26.3 Å². The molecule has 1 rings (SSSR count). The van der Waals surface area contributed by atoms with Crippen molar-refractivity contribution in [3.8, 4) is 0 Å². The number of esters is 1. The number of carbonyl (C=O) groups is 1. The van der Waals surface area contributed by atoms with Gasteiger partial charge in [0, 0.05) is 5.56 Å². The van der Waals surface area contributed by atoms with E-state index in [1.165, 1.54) is 0 Å². The van der Waals surface area contributed by atoms with Crippen LogP contribution in [0.25, 0.3) is 0 Å². The molecule has 0 spiro atoms. The van der Waals surface area contributed by atoms with E-state index in [0.717, 1.165) is 18.2 Å². The Morgan fingerprint density at radius 1 is 1.35 bits per heavy atom. The molecule has 0 fully saturated rings. The van der Waals surface area contributed by atoms with E-state index in [9.17, 15) is 13.6 Å². The first-order valence-corrected chi connectivity index (χ1v) is 5.71. The quantitative estimate of drug-likeness (QED) is 0.739. The fourth-order valence-electron chi connectivity index (χ4n) is 1.71. The highest BCUT2D eigenvalue weighted by atomic mass is 19.1. The van der Waals surface area contributed by atoms with Crippen LogP contribution in [0.2, 0.25) is 0 Å². The molecule has 0 aromatic heterocycles. The van der Waals surface area contributed by atoms with Gasteiger partial charge in [-0.2, -0.15) is 0 Å². The van der Waals surface area contributed by atoms with Gasteiger partial charge in [0.2, 0.25) is 0 Å². The molecule has 1 aromatic carbocycles. The highest BCUT2D eigenvalue weighted by Gasteiger charge is 2.24. The maximum absolute atomic E-state index is 13.6. The summed E-state index contributed by atoms with van der Waals surface area (Å²) >= 11 is 0. The van der Waals surface area contributed by atoms with Crippen LogP contribution >= 0.6 is 0 Å². The zero-order valence-electron chi connectivity index (χ0n) is 10.0. The van der Waals surface area contributed by atoms with Gasteiger partial charge in [-0.25, -0.2) is 8.78 Å². The minimum Gasteiger partial charge on any atom is -0.466 e. The summed E-state index contributed by atoms with van der Waals surface area (Å²) < 4.78 is 31.5. The van der Waals surface area contributed by atoms with Crippen molar-refractivity contribution in [1.82, 2.24) is 0 Å². The van der Waals surface area contributed by atoms with Crippen molar-refractivity contribution in [3.63, 3.8) is 0 Å². The van der Waals surface area contributed by atoms with E-state index >= 15 is 0 Å². The van der Waals surface area contributed by atoms with Crippen LogP contribution in [0.3, 0.4) is 0 Å². The largest absolute Gasteiger partial charge is 0.466 e. The average molecular weight is 242 g/mol. The van der Waals surface area contributed by atoms with Gasteiger partial charge >= 0.3 is 5.97 Å². The first-order chi connectivity index (χ1) is 8.10. The van der Waals surface area contributed by atoms with Gasteiger partial charge in [-0.15, -0.1) is 0 Å². The van der Waals surface area contributed by atoms with Crippen molar-refractivity contribution in [2.75, 3.05) is 6.61 Å². The van der Waals surface area contributed by atoms with Crippen LogP contribution < -0.4 is 0 Å². The standard InChI is InChI=1S/C13H16F2O2/c1-3-5-10(13(16)17-4-2)11-8-9(14)6-7-12(11)15/h6-8,10H,3-5H2,1-2H3. The van der Waals surface area contributed by atoms with Crippen LogP contribution in [0, 0.1) is 11.6 Å². The smallest absolute Gasteiger partial charge is 0.313 e. The van der Waals surface area contributed by atoms with Gasteiger partial charge in [-0.05, 0) is 31.5 Å². The van der Waals surface area contributed by atoms with Crippen molar-refractivity contribution >= 4 is 5.97 Å². The molecule has 0 radical (unpaired) electrons. The molecule has 0 aliphatic rings. The number of hydrogen-bond donors (Lipinski definition) is 0. The van der Waals surface area contributed by atoms with Crippen LogP contribution in [-0.2, 0) is 9.53 Å². The summed E-state index contributed by atoms with van der Waals surface area (Å²) in [5.74, 6) is -2.35. The second-order valence-corrected chi connectivity index (χ2v) is 3.76. The Balaban J connectivity index is 3.04. The number of benzene rings is 1. The number of ether oxygens (including phenoxy) is 1. The Bertz CT molecular complexity index is 391. The van der Waals surface area contributed by atoms with E-state index in [0.29, 0.717) is 12.8 Å². The number of carbonyl (C=O) groups excluding carboxylic acids is 1. The van der Waals surface area contributed by atoms with Gasteiger partial charge in [0.1, 0.15) is 11.6 Å². The Morgan fingerprint density at radius 2 is 2.06 bits per heavy atom. The molecule has 2 nitrogen and oxygen atoms in total. The Labute approximate surface area is 99.6 Å². The van der Waals surface area contributed by atoms with Crippen LogP contribution in [0.1, 0.15) is 38.2 Å². The summed E-state index contributed by atoms with van der Waals surface area (Å²) in [6, 6.07) is 3.13. The molecule has 0 bridgehead atoms. The minimum atomic E-state index is -0.726. The zero-order valence-corrected chi connectivity index (χ0v) is 10.0. The molecule has 0 N–H and O–H groups in total. The fraction of sp³-hybridized carbons (Fsp3) is 0.462. The van der Waals surface area contributed by atoms with Gasteiger partial charge in [0.05, 0.1) is 12.5 Å². The molecule has 1 unspecified atom stereocenters. The summed E-state index contributed by atoms with van der Waals surface area (Å²) in [6.07, 6.45) is 1.14. The molecule has 1 aromatic rings. The second-order valence-electron chi connectivity index (χ2n) is 3.76. The lowest BCUT2D eigenvalue weighted by Gasteiger charge is -2.15. The van der Waals surface area contributed by atoms with Gasteiger partial charge in [-0.3, -0.25) is 4.79 Å². The average Bonchev–Trinajstić information content (AvgIpc) is 2.30. The normalized spacial score (nSPS) is 12.2. The minimum absolute atomic E-state index is 0.0744. The van der Waals surface area contributed by atoms with Crippen LogP contribution in [0.15, 0.2) is 18.2 Å². The third-order valence-electron chi connectivity index (χ3n) is 2.48. The number of rotatable bonds is 5. The van der Waals surface area contributed by atoms with Crippen LogP contribution in [0.5, 0.6) is 0 Å². The maximum Gasteiger partial charge on any atom is 0.313 e. The van der Waals surface area contributed by atoms with Gasteiger partial charge in [0.15, 0.2) is 0 Å². The molecule has 1 atom stereocenters. The molecular weight excluding hydrogens is 226 g/mol. The molecule has 94 valence electrons. The number of hydrogen-bond acceptors (Lipinski definition) is 2. The summed E-state index contributed by atoms with van der Waals surface area (Å²) in [5.41, 5.74) is 0.0744. The molecule has 0 aliphatic carbocycles. The van der Waals surface area contributed by atoms with E-state index in [1.807, 2.05) is 6.92 Å². The van der Waals surface area contributed by atoms with E-state index in [2.05, 4.69) is 0 Å². The van der Waals surface area contributed by atoms with Crippen molar-refractivity contribution in [2.45, 2.75) is 32.6 Å². The summed E-state index contributed by atoms with van der Waals surface area (Å²) in [6.45, 7) is 3.79. The molecular formula is C13H16F2O2. The predicted octanol–water partition coefficient (Wildman–Crippen LogP) is 3.41. The zero-order chi connectivity index (χ0) is 12.8. The predicted molar refractivity (Wildman–Crippen MR) is 60.6 cm³/mol. The molecule has 0 amide bonds. The van der Waals surface area contributed by atoms with Crippen molar-refractivity contribution in [3.05, 3.63) is 35.4 Å². The molecule has 17 heavy (non-hydrogen) atoms. The molecule has 0 saturated heterocycles. The lowest BCUT2D eigenvalue weighted by molar-refractivity contribution is -0.145. The van der Waals surface area contributed by atoms with E-state index in [-0.39, 0.29) is 12.2 Å². The van der Waals surface area contributed by atoms with E-state index in [1.54, 1.807) is 6.92 Å². The highest BCUT2D eigenvalue weighted by molar-refractivity contribution is 5.78. The fourth-order valence-corrected chi connectivity index (χ4v) is 1.71. The van der Waals surface area contributed by atoms with Gasteiger partial charge < -0.3 is 4.74 Å². The Hall–Kier alpha value is -1.45. The first-order valence-electron chi connectivity index (χ1n) is 5.71. The summed E-state index contributed by atoms with van der Waals surface area (Å²) in [5, 5.41) is 0. The molecule has 4 heteroatoms. The lowest BCUT2D eigenvalue weighted by Crippen LogP contribution is -2.17. The summed E-state index contributed by atoms with van der Waals surface area (Å²) in [7, 11) is 0. The monoisotopic (exact) mass is 242 g/mol. The highest BCUT2D eigenvalue weighted by Crippen LogP contribution is 2.26. The first kappa shape index (κ1) is 13.6.